The molecule has 1 aromatic carbocycles. The average Bonchev–Trinajstić information content (AvgIpc) is 2.71. The maximum Gasteiger partial charge on any atom is 0.151 e. The van der Waals surface area contributed by atoms with Crippen LogP contribution in [-0.2, 0) is 0 Å². The van der Waals surface area contributed by atoms with E-state index in [4.69, 9.17) is 10.6 Å². The number of benzene rings is 1. The van der Waals surface area contributed by atoms with Gasteiger partial charge in [0, 0.05) is 16.0 Å². The highest BCUT2D eigenvalue weighted by Crippen LogP contribution is 2.30. The highest BCUT2D eigenvalue weighted by atomic mass is 32.1. The fourth-order valence-electron chi connectivity index (χ4n) is 1.65. The minimum absolute atomic E-state index is 0.0394. The van der Waals surface area contributed by atoms with Gasteiger partial charge in [-0.1, -0.05) is 30.3 Å². The van der Waals surface area contributed by atoms with E-state index in [9.17, 15) is 0 Å². The van der Waals surface area contributed by atoms with Crippen LogP contribution >= 0.6 is 11.3 Å². The van der Waals surface area contributed by atoms with Crippen LogP contribution < -0.4 is 5.48 Å². The summed E-state index contributed by atoms with van der Waals surface area (Å²) in [5.74, 6) is 0.0394. The second-order valence-electron chi connectivity index (χ2n) is 3.43. The molecule has 0 fully saturated rings. The third-order valence-corrected chi connectivity index (χ3v) is 3.33. The fourth-order valence-corrected chi connectivity index (χ4v) is 2.53. The first-order chi connectivity index (χ1) is 7.74. The summed E-state index contributed by atoms with van der Waals surface area (Å²) in [5.41, 5.74) is 4.71. The van der Waals surface area contributed by atoms with Gasteiger partial charge in [-0.05, 0) is 17.9 Å². The highest BCUT2D eigenvalue weighted by Gasteiger charge is 2.14. The molecule has 0 amide bonds. The van der Waals surface area contributed by atoms with Crippen LogP contribution in [0.5, 0.6) is 0 Å². The molecule has 0 saturated heterocycles. The number of aryl methyl sites for hydroxylation is 1. The van der Waals surface area contributed by atoms with E-state index < -0.39 is 0 Å². The van der Waals surface area contributed by atoms with Gasteiger partial charge in [0.05, 0.1) is 0 Å². The summed E-state index contributed by atoms with van der Waals surface area (Å²) >= 11 is 1.58. The van der Waals surface area contributed by atoms with Gasteiger partial charge in [0.25, 0.3) is 0 Å². The Balaban J connectivity index is 2.55. The summed E-state index contributed by atoms with van der Waals surface area (Å²) in [6, 6.07) is 9.87. The molecule has 16 heavy (non-hydrogen) atoms. The molecular formula is C12H12N2OS. The Bertz CT molecular complexity index is 505. The summed E-state index contributed by atoms with van der Waals surface area (Å²) in [6.07, 6.45) is 0. The molecule has 1 aromatic heterocycles. The number of amidine groups is 1. The van der Waals surface area contributed by atoms with Crippen molar-refractivity contribution < 1.29 is 5.21 Å². The van der Waals surface area contributed by atoms with Crippen LogP contribution in [0.2, 0.25) is 0 Å². The lowest BCUT2D eigenvalue weighted by Crippen LogP contribution is -2.19. The largest absolute Gasteiger partial charge is 0.290 e. The van der Waals surface area contributed by atoms with Crippen molar-refractivity contribution in [3.8, 4) is 11.1 Å². The minimum Gasteiger partial charge on any atom is -0.290 e. The van der Waals surface area contributed by atoms with E-state index in [-0.39, 0.29) is 5.84 Å². The second-order valence-corrected chi connectivity index (χ2v) is 4.52. The van der Waals surface area contributed by atoms with Gasteiger partial charge in [0.1, 0.15) is 0 Å². The number of nitrogens with one attached hydrogen (secondary N) is 2. The van der Waals surface area contributed by atoms with Crippen molar-refractivity contribution in [2.24, 2.45) is 0 Å². The molecular weight excluding hydrogens is 220 g/mol. The van der Waals surface area contributed by atoms with E-state index in [1.807, 2.05) is 48.1 Å². The molecule has 0 aliphatic heterocycles. The maximum absolute atomic E-state index is 8.83. The van der Waals surface area contributed by atoms with E-state index >= 15 is 0 Å². The zero-order valence-electron chi connectivity index (χ0n) is 8.82. The topological polar surface area (TPSA) is 56.1 Å². The van der Waals surface area contributed by atoms with Gasteiger partial charge >= 0.3 is 0 Å². The summed E-state index contributed by atoms with van der Waals surface area (Å²) in [5, 5.41) is 18.5. The highest BCUT2D eigenvalue weighted by molar-refractivity contribution is 7.10. The first-order valence-corrected chi connectivity index (χ1v) is 5.74. The molecule has 0 atom stereocenters. The third-order valence-electron chi connectivity index (χ3n) is 2.42. The van der Waals surface area contributed by atoms with E-state index in [1.54, 1.807) is 11.3 Å². The molecule has 0 bridgehead atoms. The molecule has 0 aliphatic carbocycles. The van der Waals surface area contributed by atoms with E-state index in [1.165, 1.54) is 0 Å². The fraction of sp³-hybridized carbons (Fsp3) is 0.0833. The van der Waals surface area contributed by atoms with E-state index in [0.717, 1.165) is 21.6 Å². The van der Waals surface area contributed by atoms with Crippen molar-refractivity contribution in [2.45, 2.75) is 6.92 Å². The Hall–Kier alpha value is -1.65. The number of hydrogen-bond donors (Lipinski definition) is 3. The summed E-state index contributed by atoms with van der Waals surface area (Å²) in [7, 11) is 0. The van der Waals surface area contributed by atoms with Crippen LogP contribution in [-0.4, -0.2) is 11.0 Å². The number of rotatable bonds is 2. The molecule has 4 heteroatoms. The molecule has 3 N–H and O–H groups in total. The Morgan fingerprint density at radius 1 is 1.31 bits per heavy atom. The van der Waals surface area contributed by atoms with Crippen LogP contribution in [0, 0.1) is 12.3 Å². The number of hydrogen-bond acceptors (Lipinski definition) is 3. The van der Waals surface area contributed by atoms with E-state index in [0.29, 0.717) is 0 Å². The zero-order valence-corrected chi connectivity index (χ0v) is 9.64. The quantitative estimate of drug-likeness (QED) is 0.423. The third kappa shape index (κ3) is 1.85. The van der Waals surface area contributed by atoms with Crippen LogP contribution in [0.3, 0.4) is 0 Å². The molecule has 0 unspecified atom stereocenters. The van der Waals surface area contributed by atoms with Crippen LogP contribution in [0.15, 0.2) is 35.7 Å². The predicted molar refractivity (Wildman–Crippen MR) is 66.2 cm³/mol. The second kappa shape index (κ2) is 4.47. The maximum atomic E-state index is 8.83. The van der Waals surface area contributed by atoms with Crippen LogP contribution in [0.4, 0.5) is 0 Å². The van der Waals surface area contributed by atoms with E-state index in [2.05, 4.69) is 0 Å². The first-order valence-electron chi connectivity index (χ1n) is 4.86. The average molecular weight is 232 g/mol. The molecule has 0 spiro atoms. The van der Waals surface area contributed by atoms with Gasteiger partial charge in [-0.2, -0.15) is 0 Å². The molecule has 2 rings (SSSR count). The van der Waals surface area contributed by atoms with Crippen LogP contribution in [0.1, 0.15) is 10.4 Å². The standard InChI is InChI=1S/C12H12N2OS/c1-8-11(12(13)14-15)10(7-16-8)9-5-3-2-4-6-9/h2-7,15H,1H3,(H2,13,14). The molecule has 82 valence electrons. The van der Waals surface area contributed by atoms with Gasteiger partial charge in [0.2, 0.25) is 0 Å². The van der Waals surface area contributed by atoms with Crippen molar-refractivity contribution in [3.63, 3.8) is 0 Å². The molecule has 0 saturated carbocycles. The predicted octanol–water partition coefficient (Wildman–Crippen LogP) is 3.03. The summed E-state index contributed by atoms with van der Waals surface area (Å²) < 4.78 is 0. The normalized spacial score (nSPS) is 10.1. The SMILES string of the molecule is Cc1scc(-c2ccccc2)c1C(=N)NO. The monoisotopic (exact) mass is 232 g/mol. The van der Waals surface area contributed by atoms with Crippen LogP contribution in [0.25, 0.3) is 11.1 Å². The summed E-state index contributed by atoms with van der Waals surface area (Å²) in [6.45, 7) is 1.94. The minimum atomic E-state index is 0.0394. The molecule has 2 aromatic rings. The summed E-state index contributed by atoms with van der Waals surface area (Å²) in [4.78, 5) is 1.02. The van der Waals surface area contributed by atoms with Crippen molar-refractivity contribution >= 4 is 17.2 Å². The van der Waals surface area contributed by atoms with Crippen molar-refractivity contribution in [3.05, 3.63) is 46.2 Å². The zero-order chi connectivity index (χ0) is 11.5. The number of hydroxylamine groups is 1. The Kier molecular flexibility index (Phi) is 3.03. The van der Waals surface area contributed by atoms with Gasteiger partial charge < -0.3 is 0 Å². The smallest absolute Gasteiger partial charge is 0.151 e. The lowest BCUT2D eigenvalue weighted by molar-refractivity contribution is 0.234. The lowest BCUT2D eigenvalue weighted by atomic mass is 10.0. The van der Waals surface area contributed by atoms with Crippen molar-refractivity contribution in [1.82, 2.24) is 5.48 Å². The van der Waals surface area contributed by atoms with Gasteiger partial charge in [-0.25, -0.2) is 0 Å². The molecule has 3 nitrogen and oxygen atoms in total. The molecule has 0 radical (unpaired) electrons. The molecule has 0 aliphatic rings. The Morgan fingerprint density at radius 3 is 2.62 bits per heavy atom. The van der Waals surface area contributed by atoms with Gasteiger partial charge in [-0.15, -0.1) is 11.3 Å². The van der Waals surface area contributed by atoms with Gasteiger partial charge in [-0.3, -0.25) is 16.1 Å². The van der Waals surface area contributed by atoms with Crippen molar-refractivity contribution in [2.75, 3.05) is 0 Å². The number of thiophene rings is 1. The van der Waals surface area contributed by atoms with Gasteiger partial charge in [0.15, 0.2) is 5.84 Å². The lowest BCUT2D eigenvalue weighted by Gasteiger charge is -2.06. The first kappa shape index (κ1) is 10.9. The Labute approximate surface area is 97.8 Å². The van der Waals surface area contributed by atoms with Crippen molar-refractivity contribution in [1.29, 1.82) is 5.41 Å². The Morgan fingerprint density at radius 2 is 2.00 bits per heavy atom. The molecule has 1 heterocycles.